The Morgan fingerprint density at radius 2 is 2.16 bits per heavy atom. The number of fused-ring (bicyclic) bond motifs is 1. The molecule has 25 heavy (non-hydrogen) atoms. The van der Waals surface area contributed by atoms with Crippen LogP contribution in [0.5, 0.6) is 0 Å². The first-order valence-corrected chi connectivity index (χ1v) is 9.16. The molecule has 0 amide bonds. The van der Waals surface area contributed by atoms with Crippen molar-refractivity contribution in [3.05, 3.63) is 53.4 Å². The standard InChI is InChI=1S/C19H14ClN3OS/c20-15-5-9-23-16(3-2-13(10-21)18(15)23)14-11-22-8-4-17(14)25-19(12-24)6-1-7-19/h2-5,8-9,11-12H,1,6-7H2. The number of nitrogens with zero attached hydrogens (tertiary/aromatic N) is 3. The topological polar surface area (TPSA) is 58.2 Å². The van der Waals surface area contributed by atoms with Crippen molar-refractivity contribution in [2.75, 3.05) is 0 Å². The van der Waals surface area contributed by atoms with Crippen LogP contribution in [-0.2, 0) is 4.79 Å². The maximum atomic E-state index is 11.6. The van der Waals surface area contributed by atoms with E-state index in [2.05, 4.69) is 11.1 Å². The molecule has 3 heterocycles. The lowest BCUT2D eigenvalue weighted by molar-refractivity contribution is -0.111. The molecule has 0 N–H and O–H groups in total. The number of aldehydes is 1. The minimum atomic E-state index is -0.323. The molecule has 0 atom stereocenters. The Bertz CT molecular complexity index is 1020. The average molecular weight is 368 g/mol. The van der Waals surface area contributed by atoms with Crippen LogP contribution in [-0.4, -0.2) is 20.4 Å². The first-order chi connectivity index (χ1) is 12.2. The molecule has 0 unspecified atom stereocenters. The van der Waals surface area contributed by atoms with Crippen LogP contribution in [0.25, 0.3) is 16.8 Å². The molecule has 4 nitrogen and oxygen atoms in total. The molecule has 1 saturated carbocycles. The summed E-state index contributed by atoms with van der Waals surface area (Å²) in [6.07, 6.45) is 9.36. The lowest BCUT2D eigenvalue weighted by atomic mass is 9.86. The van der Waals surface area contributed by atoms with Crippen LogP contribution >= 0.6 is 23.4 Å². The molecular weight excluding hydrogens is 354 g/mol. The summed E-state index contributed by atoms with van der Waals surface area (Å²) in [7, 11) is 0. The second-order valence-corrected chi connectivity index (χ2v) is 8.00. The molecule has 0 spiro atoms. The maximum absolute atomic E-state index is 11.6. The van der Waals surface area contributed by atoms with Crippen molar-refractivity contribution in [1.82, 2.24) is 9.38 Å². The highest BCUT2D eigenvalue weighted by Gasteiger charge is 2.38. The van der Waals surface area contributed by atoms with Crippen molar-refractivity contribution in [1.29, 1.82) is 5.26 Å². The number of thioether (sulfide) groups is 1. The summed E-state index contributed by atoms with van der Waals surface area (Å²) < 4.78 is 1.59. The fourth-order valence-corrected chi connectivity index (χ4v) is 4.77. The second kappa shape index (κ2) is 6.21. The van der Waals surface area contributed by atoms with E-state index < -0.39 is 0 Å². The van der Waals surface area contributed by atoms with Crippen molar-refractivity contribution in [2.24, 2.45) is 0 Å². The Morgan fingerprint density at radius 1 is 1.32 bits per heavy atom. The van der Waals surface area contributed by atoms with E-state index in [4.69, 9.17) is 11.6 Å². The largest absolute Gasteiger partial charge is 0.314 e. The van der Waals surface area contributed by atoms with E-state index in [9.17, 15) is 10.1 Å². The number of hydrogen-bond acceptors (Lipinski definition) is 4. The van der Waals surface area contributed by atoms with Crippen molar-refractivity contribution in [2.45, 2.75) is 28.9 Å². The van der Waals surface area contributed by atoms with Crippen molar-refractivity contribution in [3.63, 3.8) is 0 Å². The fraction of sp³-hybridized carbons (Fsp3) is 0.211. The molecule has 0 bridgehead atoms. The zero-order valence-electron chi connectivity index (χ0n) is 13.3. The summed E-state index contributed by atoms with van der Waals surface area (Å²) >= 11 is 7.88. The minimum absolute atomic E-state index is 0.323. The summed E-state index contributed by atoms with van der Waals surface area (Å²) in [5.41, 5.74) is 3.05. The van der Waals surface area contributed by atoms with Gasteiger partial charge in [0.1, 0.15) is 12.4 Å². The first kappa shape index (κ1) is 16.2. The number of pyridine rings is 2. The maximum Gasteiger partial charge on any atom is 0.136 e. The molecule has 6 heteroatoms. The van der Waals surface area contributed by atoms with Crippen molar-refractivity contribution in [3.8, 4) is 17.3 Å². The van der Waals surface area contributed by atoms with Gasteiger partial charge in [0.25, 0.3) is 0 Å². The molecule has 1 aliphatic carbocycles. The van der Waals surface area contributed by atoms with E-state index in [-0.39, 0.29) is 4.75 Å². The minimum Gasteiger partial charge on any atom is -0.314 e. The van der Waals surface area contributed by atoms with E-state index >= 15 is 0 Å². The van der Waals surface area contributed by atoms with Gasteiger partial charge in [0.2, 0.25) is 0 Å². The quantitative estimate of drug-likeness (QED) is 0.625. The van der Waals surface area contributed by atoms with E-state index in [1.165, 1.54) is 0 Å². The third kappa shape index (κ3) is 2.62. The van der Waals surface area contributed by atoms with Gasteiger partial charge in [-0.1, -0.05) is 11.6 Å². The number of halogens is 1. The molecule has 0 aliphatic heterocycles. The van der Waals surface area contributed by atoms with Crippen LogP contribution in [0.1, 0.15) is 24.8 Å². The zero-order valence-corrected chi connectivity index (χ0v) is 14.8. The highest BCUT2D eigenvalue weighted by Crippen LogP contribution is 2.48. The molecule has 1 fully saturated rings. The van der Waals surface area contributed by atoms with Crippen LogP contribution in [0.3, 0.4) is 0 Å². The summed E-state index contributed by atoms with van der Waals surface area (Å²) in [5, 5.41) is 9.88. The van der Waals surface area contributed by atoms with Gasteiger partial charge in [-0.15, -0.1) is 11.8 Å². The lowest BCUT2D eigenvalue weighted by Crippen LogP contribution is -2.34. The summed E-state index contributed by atoms with van der Waals surface area (Å²) in [5.74, 6) is 0. The monoisotopic (exact) mass is 367 g/mol. The Balaban J connectivity index is 1.88. The lowest BCUT2D eigenvalue weighted by Gasteiger charge is -2.36. The molecule has 3 aromatic rings. The van der Waals surface area contributed by atoms with E-state index in [1.54, 1.807) is 36.3 Å². The van der Waals surface area contributed by atoms with Gasteiger partial charge in [-0.2, -0.15) is 5.26 Å². The third-order valence-corrected chi connectivity index (χ3v) is 6.46. The normalized spacial score (nSPS) is 15.5. The Labute approximate surface area is 154 Å². The number of aromatic nitrogens is 2. The van der Waals surface area contributed by atoms with E-state index in [1.807, 2.05) is 22.7 Å². The number of hydrogen-bond donors (Lipinski definition) is 0. The van der Waals surface area contributed by atoms with Gasteiger partial charge in [0.05, 0.1) is 26.5 Å². The van der Waals surface area contributed by atoms with Crippen LogP contribution < -0.4 is 0 Å². The molecule has 0 radical (unpaired) electrons. The predicted molar refractivity (Wildman–Crippen MR) is 98.9 cm³/mol. The van der Waals surface area contributed by atoms with Gasteiger partial charge >= 0.3 is 0 Å². The smallest absolute Gasteiger partial charge is 0.136 e. The van der Waals surface area contributed by atoms with E-state index in [0.717, 1.165) is 41.7 Å². The average Bonchev–Trinajstić information content (AvgIpc) is 3.00. The fourth-order valence-electron chi connectivity index (χ4n) is 3.15. The van der Waals surface area contributed by atoms with Crippen molar-refractivity contribution >= 4 is 35.2 Å². The molecule has 1 aliphatic rings. The SMILES string of the molecule is N#Cc1ccc(-c2cnccc2SC2(C=O)CCC2)n2ccc(Cl)c12. The summed E-state index contributed by atoms with van der Waals surface area (Å²) in [4.78, 5) is 16.8. The Morgan fingerprint density at radius 3 is 2.84 bits per heavy atom. The van der Waals surface area contributed by atoms with Gasteiger partial charge in [-0.3, -0.25) is 4.98 Å². The molecule has 4 rings (SSSR count). The van der Waals surface area contributed by atoms with Crippen LogP contribution in [0.4, 0.5) is 0 Å². The van der Waals surface area contributed by atoms with Gasteiger partial charge in [0.15, 0.2) is 0 Å². The number of rotatable bonds is 4. The Hall–Kier alpha value is -2.29. The van der Waals surface area contributed by atoms with Crippen LogP contribution in [0.2, 0.25) is 5.02 Å². The predicted octanol–water partition coefficient (Wildman–Crippen LogP) is 4.74. The highest BCUT2D eigenvalue weighted by atomic mass is 35.5. The first-order valence-electron chi connectivity index (χ1n) is 7.97. The number of nitriles is 1. The summed E-state index contributed by atoms with van der Waals surface area (Å²) in [6.45, 7) is 0. The Kier molecular flexibility index (Phi) is 4.03. The molecule has 3 aromatic heterocycles. The second-order valence-electron chi connectivity index (χ2n) is 6.14. The van der Waals surface area contributed by atoms with Gasteiger partial charge in [-0.25, -0.2) is 0 Å². The van der Waals surface area contributed by atoms with Crippen LogP contribution in [0.15, 0.2) is 47.8 Å². The van der Waals surface area contributed by atoms with Gasteiger partial charge < -0.3 is 9.20 Å². The third-order valence-electron chi connectivity index (χ3n) is 4.66. The molecule has 0 aromatic carbocycles. The van der Waals surface area contributed by atoms with E-state index in [0.29, 0.717) is 16.1 Å². The van der Waals surface area contributed by atoms with Gasteiger partial charge in [-0.05, 0) is 43.5 Å². The molecule has 0 saturated heterocycles. The number of carbonyl (C=O) groups is 1. The zero-order chi connectivity index (χ0) is 17.4. The van der Waals surface area contributed by atoms with Crippen LogP contribution in [0, 0.1) is 11.3 Å². The summed E-state index contributed by atoms with van der Waals surface area (Å²) in [6, 6.07) is 9.58. The molecular formula is C19H14ClN3OS. The highest BCUT2D eigenvalue weighted by molar-refractivity contribution is 8.01. The molecule has 124 valence electrons. The van der Waals surface area contributed by atoms with Crippen molar-refractivity contribution < 1.29 is 4.79 Å². The van der Waals surface area contributed by atoms with Gasteiger partial charge in [0, 0.05) is 29.0 Å². The number of carbonyl (C=O) groups excluding carboxylic acids is 1.